The molecule has 1 aromatic rings. The second-order valence-electron chi connectivity index (χ2n) is 4.42. The number of benzene rings is 1. The summed E-state index contributed by atoms with van der Waals surface area (Å²) in [6.45, 7) is 0. The molecule has 4 nitrogen and oxygen atoms in total. The van der Waals surface area contributed by atoms with Crippen LogP contribution in [0.5, 0.6) is 11.5 Å². The van der Waals surface area contributed by atoms with Gasteiger partial charge in [-0.25, -0.2) is 4.79 Å². The zero-order valence-electron chi connectivity index (χ0n) is 10.1. The third kappa shape index (κ3) is 2.04. The van der Waals surface area contributed by atoms with Crippen molar-refractivity contribution in [1.82, 2.24) is 0 Å². The van der Waals surface area contributed by atoms with Crippen molar-refractivity contribution >= 4 is 22.0 Å². The summed E-state index contributed by atoms with van der Waals surface area (Å²) in [4.78, 5) is 14.7. The van der Waals surface area contributed by atoms with Gasteiger partial charge in [0.1, 0.15) is 5.54 Å². The summed E-state index contributed by atoms with van der Waals surface area (Å²) in [6, 6.07) is 3.30. The number of phenols is 1. The topological polar surface area (TPSA) is 58.9 Å². The maximum atomic E-state index is 10.7. The first-order valence-electron chi connectivity index (χ1n) is 5.79. The van der Waals surface area contributed by atoms with E-state index >= 15 is 0 Å². The van der Waals surface area contributed by atoms with Crippen LogP contribution in [-0.4, -0.2) is 18.3 Å². The van der Waals surface area contributed by atoms with E-state index in [1.165, 1.54) is 7.11 Å². The van der Waals surface area contributed by atoms with Crippen LogP contribution in [0.4, 0.5) is 0 Å². The Morgan fingerprint density at radius 2 is 2.11 bits per heavy atom. The monoisotopic (exact) mass is 311 g/mol. The van der Waals surface area contributed by atoms with Crippen molar-refractivity contribution in [2.75, 3.05) is 7.11 Å². The Kier molecular flexibility index (Phi) is 3.73. The average Bonchev–Trinajstić information content (AvgIpc) is 2.81. The Morgan fingerprint density at radius 3 is 2.67 bits per heavy atom. The number of ether oxygens (including phenoxy) is 1. The van der Waals surface area contributed by atoms with Crippen molar-refractivity contribution in [2.24, 2.45) is 4.99 Å². The lowest BCUT2D eigenvalue weighted by Gasteiger charge is -2.26. The first-order valence-corrected chi connectivity index (χ1v) is 6.59. The molecule has 1 aromatic carbocycles. The van der Waals surface area contributed by atoms with E-state index in [2.05, 4.69) is 20.9 Å². The van der Waals surface area contributed by atoms with Crippen LogP contribution >= 0.6 is 15.9 Å². The van der Waals surface area contributed by atoms with Crippen molar-refractivity contribution in [3.8, 4) is 11.5 Å². The van der Waals surface area contributed by atoms with Gasteiger partial charge in [0, 0.05) is 10.0 Å². The van der Waals surface area contributed by atoms with Crippen molar-refractivity contribution in [1.29, 1.82) is 0 Å². The molecule has 1 N–H and O–H groups in total. The van der Waals surface area contributed by atoms with Crippen LogP contribution in [0.25, 0.3) is 0 Å². The number of carbonyl (C=O) groups excluding carboxylic acids is 1. The Bertz CT molecular complexity index is 503. The van der Waals surface area contributed by atoms with Crippen LogP contribution < -0.4 is 4.74 Å². The molecule has 1 aliphatic carbocycles. The molecule has 5 heteroatoms. The zero-order chi connectivity index (χ0) is 13.2. The van der Waals surface area contributed by atoms with E-state index in [-0.39, 0.29) is 5.75 Å². The second-order valence-corrected chi connectivity index (χ2v) is 5.27. The van der Waals surface area contributed by atoms with E-state index < -0.39 is 5.54 Å². The summed E-state index contributed by atoms with van der Waals surface area (Å²) in [5, 5.41) is 9.87. The third-order valence-electron chi connectivity index (χ3n) is 3.45. The predicted octanol–water partition coefficient (Wildman–Crippen LogP) is 3.27. The van der Waals surface area contributed by atoms with E-state index in [9.17, 15) is 9.90 Å². The van der Waals surface area contributed by atoms with Gasteiger partial charge in [0.05, 0.1) is 7.11 Å². The summed E-state index contributed by atoms with van der Waals surface area (Å²) in [6.07, 6.45) is 5.19. The Balaban J connectivity index is 2.68. The lowest BCUT2D eigenvalue weighted by atomic mass is 9.88. The quantitative estimate of drug-likeness (QED) is 0.688. The molecule has 2 rings (SSSR count). The minimum absolute atomic E-state index is 0.0584. The van der Waals surface area contributed by atoms with E-state index in [0.29, 0.717) is 5.75 Å². The van der Waals surface area contributed by atoms with Gasteiger partial charge in [-0.05, 0) is 25.0 Å². The lowest BCUT2D eigenvalue weighted by Crippen LogP contribution is -2.20. The maximum absolute atomic E-state index is 10.7. The first-order chi connectivity index (χ1) is 8.64. The number of rotatable bonds is 3. The lowest BCUT2D eigenvalue weighted by molar-refractivity contribution is 0.348. The van der Waals surface area contributed by atoms with Crippen LogP contribution in [0.2, 0.25) is 0 Å². The fourth-order valence-electron chi connectivity index (χ4n) is 2.65. The van der Waals surface area contributed by atoms with Gasteiger partial charge in [-0.2, -0.15) is 4.99 Å². The number of hydrogen-bond donors (Lipinski definition) is 1. The molecule has 0 aromatic heterocycles. The van der Waals surface area contributed by atoms with Crippen molar-refractivity contribution in [3.63, 3.8) is 0 Å². The molecule has 0 heterocycles. The number of isocyanates is 1. The summed E-state index contributed by atoms with van der Waals surface area (Å²) in [7, 11) is 1.50. The summed E-state index contributed by atoms with van der Waals surface area (Å²) >= 11 is 3.46. The molecule has 18 heavy (non-hydrogen) atoms. The Hall–Kier alpha value is -1.32. The van der Waals surface area contributed by atoms with Gasteiger partial charge in [0.2, 0.25) is 6.08 Å². The highest BCUT2D eigenvalue weighted by Gasteiger charge is 2.40. The molecule has 0 atom stereocenters. The number of methoxy groups -OCH3 is 1. The fraction of sp³-hybridized carbons (Fsp3) is 0.462. The highest BCUT2D eigenvalue weighted by Crippen LogP contribution is 2.50. The summed E-state index contributed by atoms with van der Waals surface area (Å²) < 4.78 is 6.06. The van der Waals surface area contributed by atoms with E-state index in [1.54, 1.807) is 18.2 Å². The number of halogens is 1. The minimum atomic E-state index is -0.620. The zero-order valence-corrected chi connectivity index (χ0v) is 11.7. The van der Waals surface area contributed by atoms with Gasteiger partial charge >= 0.3 is 0 Å². The van der Waals surface area contributed by atoms with Crippen LogP contribution in [-0.2, 0) is 10.3 Å². The average molecular weight is 312 g/mol. The van der Waals surface area contributed by atoms with Crippen LogP contribution in [0.1, 0.15) is 31.2 Å². The van der Waals surface area contributed by atoms with Gasteiger partial charge in [0.15, 0.2) is 11.5 Å². The van der Waals surface area contributed by atoms with Crippen LogP contribution in [0.15, 0.2) is 21.6 Å². The number of phenolic OH excluding ortho intramolecular Hbond substituents is 1. The van der Waals surface area contributed by atoms with Crippen molar-refractivity contribution in [3.05, 3.63) is 22.2 Å². The minimum Gasteiger partial charge on any atom is -0.504 e. The van der Waals surface area contributed by atoms with Gasteiger partial charge in [0.25, 0.3) is 0 Å². The predicted molar refractivity (Wildman–Crippen MR) is 70.6 cm³/mol. The van der Waals surface area contributed by atoms with E-state index in [0.717, 1.165) is 35.7 Å². The van der Waals surface area contributed by atoms with Gasteiger partial charge in [-0.3, -0.25) is 0 Å². The molecule has 96 valence electrons. The molecule has 0 unspecified atom stereocenters. The largest absolute Gasteiger partial charge is 0.504 e. The van der Waals surface area contributed by atoms with E-state index in [4.69, 9.17) is 4.74 Å². The molecular weight excluding hydrogens is 298 g/mol. The highest BCUT2D eigenvalue weighted by atomic mass is 79.9. The van der Waals surface area contributed by atoms with Gasteiger partial charge in [-0.15, -0.1) is 0 Å². The normalized spacial score (nSPS) is 17.2. The van der Waals surface area contributed by atoms with Crippen LogP contribution in [0, 0.1) is 0 Å². The SMILES string of the molecule is COc1c(O)ccc(Br)c1C1(N=C=O)CCCC1. The molecule has 0 saturated heterocycles. The molecule has 0 aliphatic heterocycles. The van der Waals surface area contributed by atoms with E-state index in [1.807, 2.05) is 0 Å². The molecule has 0 amide bonds. The van der Waals surface area contributed by atoms with Gasteiger partial charge in [-0.1, -0.05) is 28.8 Å². The first kappa shape index (κ1) is 13.1. The second kappa shape index (κ2) is 5.12. The molecule has 0 bridgehead atoms. The number of nitrogens with zero attached hydrogens (tertiary/aromatic N) is 1. The highest BCUT2D eigenvalue weighted by molar-refractivity contribution is 9.10. The van der Waals surface area contributed by atoms with Gasteiger partial charge < -0.3 is 9.84 Å². The fourth-order valence-corrected chi connectivity index (χ4v) is 3.33. The van der Waals surface area contributed by atoms with Crippen molar-refractivity contribution in [2.45, 2.75) is 31.2 Å². The molecular formula is C13H14BrNO3. The molecule has 0 radical (unpaired) electrons. The summed E-state index contributed by atoms with van der Waals surface area (Å²) in [5.41, 5.74) is 0.121. The number of aliphatic imine (C=N–C) groups is 1. The maximum Gasteiger partial charge on any atom is 0.235 e. The molecule has 1 fully saturated rings. The number of hydrogen-bond acceptors (Lipinski definition) is 4. The smallest absolute Gasteiger partial charge is 0.235 e. The molecule has 1 saturated carbocycles. The standard InChI is InChI=1S/C13H14BrNO3/c1-18-12-10(17)5-4-9(14)11(12)13(15-8-16)6-2-3-7-13/h4-5,17H,2-3,6-7H2,1H3. The number of aromatic hydroxyl groups is 1. The van der Waals surface area contributed by atoms with Crippen LogP contribution in [0.3, 0.4) is 0 Å². The van der Waals surface area contributed by atoms with Crippen molar-refractivity contribution < 1.29 is 14.6 Å². The third-order valence-corrected chi connectivity index (χ3v) is 4.11. The summed E-state index contributed by atoms with van der Waals surface area (Å²) in [5.74, 6) is 0.438. The Labute approximate surface area is 114 Å². The molecule has 0 spiro atoms. The Morgan fingerprint density at radius 1 is 1.44 bits per heavy atom. The molecule has 1 aliphatic rings.